The normalized spacial score (nSPS) is 11.4. The van der Waals surface area contributed by atoms with Crippen molar-refractivity contribution in [3.8, 4) is 5.75 Å². The van der Waals surface area contributed by atoms with E-state index >= 15 is 0 Å². The molecule has 0 N–H and O–H groups in total. The van der Waals surface area contributed by atoms with Crippen LogP contribution in [0.2, 0.25) is 0 Å². The van der Waals surface area contributed by atoms with Gasteiger partial charge in [0.2, 0.25) is 0 Å². The molecule has 0 spiro atoms. The van der Waals surface area contributed by atoms with Crippen LogP contribution in [-0.4, -0.2) is 12.1 Å². The third-order valence-corrected chi connectivity index (χ3v) is 4.70. The van der Waals surface area contributed by atoms with E-state index in [9.17, 15) is 4.79 Å². The molecular formula is C20H25O2P. The molecule has 2 aromatic rings. The molecule has 122 valence electrons. The van der Waals surface area contributed by atoms with Gasteiger partial charge in [-0.3, -0.25) is 4.79 Å². The average molecular weight is 328 g/mol. The van der Waals surface area contributed by atoms with E-state index in [1.165, 1.54) is 5.56 Å². The van der Waals surface area contributed by atoms with Gasteiger partial charge in [0, 0.05) is 5.56 Å². The molecule has 23 heavy (non-hydrogen) atoms. The Bertz CT molecular complexity index is 664. The topological polar surface area (TPSA) is 26.3 Å². The van der Waals surface area contributed by atoms with Crippen LogP contribution < -0.4 is 10.0 Å². The quantitative estimate of drug-likeness (QED) is 0.713. The first-order chi connectivity index (χ1) is 10.9. The minimum atomic E-state index is 0.145. The zero-order valence-corrected chi connectivity index (χ0v) is 15.6. The molecule has 2 aromatic carbocycles. The summed E-state index contributed by atoms with van der Waals surface area (Å²) in [5.41, 5.74) is 4.41. The Kier molecular flexibility index (Phi) is 5.96. The molecule has 2 nitrogen and oxygen atoms in total. The fourth-order valence-electron chi connectivity index (χ4n) is 2.63. The molecule has 0 amide bonds. The molecule has 3 heteroatoms. The van der Waals surface area contributed by atoms with Crippen LogP contribution in [0.1, 0.15) is 40.9 Å². The van der Waals surface area contributed by atoms with Crippen molar-refractivity contribution in [2.24, 2.45) is 5.92 Å². The molecule has 0 bridgehead atoms. The summed E-state index contributed by atoms with van der Waals surface area (Å²) in [6.07, 6.45) is 0. The van der Waals surface area contributed by atoms with Gasteiger partial charge in [-0.05, 0) is 63.8 Å². The van der Waals surface area contributed by atoms with Crippen molar-refractivity contribution in [1.29, 1.82) is 0 Å². The van der Waals surface area contributed by atoms with Gasteiger partial charge in [0.25, 0.3) is 0 Å². The van der Waals surface area contributed by atoms with Crippen molar-refractivity contribution in [3.63, 3.8) is 0 Å². The highest BCUT2D eigenvalue weighted by molar-refractivity contribution is 7.66. The predicted octanol–water partition coefficient (Wildman–Crippen LogP) is 4.79. The fraction of sp³-hybridized carbons (Fsp3) is 0.350. The van der Waals surface area contributed by atoms with Crippen molar-refractivity contribution >= 4 is 19.4 Å². The van der Waals surface area contributed by atoms with Crippen LogP contribution in [0.5, 0.6) is 5.75 Å². The number of rotatable bonds is 6. The summed E-state index contributed by atoms with van der Waals surface area (Å²) >= 11 is 0. The largest absolute Gasteiger partial charge is 0.493 e. The van der Waals surface area contributed by atoms with Crippen LogP contribution in [0.3, 0.4) is 0 Å². The minimum absolute atomic E-state index is 0.145. The summed E-state index contributed by atoms with van der Waals surface area (Å²) in [6, 6.07) is 12.0. The van der Waals surface area contributed by atoms with Gasteiger partial charge < -0.3 is 4.74 Å². The Labute approximate surface area is 141 Å². The number of ether oxygens (including phenoxy) is 1. The van der Waals surface area contributed by atoms with Gasteiger partial charge in [-0.15, -0.1) is 0 Å². The molecule has 0 fully saturated rings. The van der Waals surface area contributed by atoms with E-state index < -0.39 is 0 Å². The van der Waals surface area contributed by atoms with Gasteiger partial charge in [-0.1, -0.05) is 43.7 Å². The first-order valence-corrected chi connectivity index (χ1v) is 8.99. The van der Waals surface area contributed by atoms with E-state index in [1.807, 2.05) is 38.1 Å². The smallest absolute Gasteiger partial charge is 0.186 e. The molecule has 0 heterocycles. The summed E-state index contributed by atoms with van der Waals surface area (Å²) in [5.74, 6) is 1.37. The zero-order valence-electron chi connectivity index (χ0n) is 14.6. The van der Waals surface area contributed by atoms with Gasteiger partial charge in [-0.25, -0.2) is 0 Å². The van der Waals surface area contributed by atoms with Gasteiger partial charge >= 0.3 is 0 Å². The van der Waals surface area contributed by atoms with Crippen molar-refractivity contribution in [2.75, 3.05) is 6.61 Å². The Morgan fingerprint density at radius 1 is 1.04 bits per heavy atom. The summed E-state index contributed by atoms with van der Waals surface area (Å²) in [4.78, 5) is 12.6. The van der Waals surface area contributed by atoms with Crippen LogP contribution in [0, 0.1) is 26.7 Å². The third-order valence-electron chi connectivity index (χ3n) is 3.60. The zero-order chi connectivity index (χ0) is 17.0. The lowest BCUT2D eigenvalue weighted by Gasteiger charge is -2.11. The minimum Gasteiger partial charge on any atom is -0.493 e. The van der Waals surface area contributed by atoms with E-state index in [1.54, 1.807) is 0 Å². The number of aryl methyl sites for hydroxylation is 3. The van der Waals surface area contributed by atoms with Crippen LogP contribution >= 0.6 is 8.58 Å². The molecular weight excluding hydrogens is 303 g/mol. The summed E-state index contributed by atoms with van der Waals surface area (Å²) in [5, 5.41) is 1.05. The first kappa shape index (κ1) is 17.7. The van der Waals surface area contributed by atoms with Crippen LogP contribution in [-0.2, 0) is 0 Å². The SMILES string of the molecule is Cc1cc(C)c(C(=O)Pc2ccc(OCC(C)C)cc2)c(C)c1. The lowest BCUT2D eigenvalue weighted by molar-refractivity contribution is 0.108. The Morgan fingerprint density at radius 3 is 2.13 bits per heavy atom. The molecule has 0 aliphatic carbocycles. The molecule has 1 atom stereocenters. The predicted molar refractivity (Wildman–Crippen MR) is 99.7 cm³/mol. The Morgan fingerprint density at radius 2 is 1.61 bits per heavy atom. The lowest BCUT2D eigenvalue weighted by Crippen LogP contribution is -2.07. The number of carbonyl (C=O) groups excluding carboxylic acids is 1. The Hall–Kier alpha value is -1.66. The van der Waals surface area contributed by atoms with E-state index in [2.05, 4.69) is 32.9 Å². The van der Waals surface area contributed by atoms with Gasteiger partial charge in [0.05, 0.1) is 6.61 Å². The second-order valence-corrected chi connectivity index (χ2v) is 7.74. The van der Waals surface area contributed by atoms with E-state index in [0.29, 0.717) is 12.5 Å². The molecule has 1 unspecified atom stereocenters. The molecule has 0 radical (unpaired) electrons. The highest BCUT2D eigenvalue weighted by atomic mass is 31.1. The second-order valence-electron chi connectivity index (χ2n) is 6.46. The maximum absolute atomic E-state index is 12.6. The molecule has 0 saturated heterocycles. The lowest BCUT2D eigenvalue weighted by atomic mass is 10.0. The number of benzene rings is 2. The van der Waals surface area contributed by atoms with Gasteiger partial charge in [-0.2, -0.15) is 0 Å². The second kappa shape index (κ2) is 7.75. The maximum Gasteiger partial charge on any atom is 0.186 e. The summed E-state index contributed by atoms with van der Waals surface area (Å²) < 4.78 is 5.68. The fourth-order valence-corrected chi connectivity index (χ4v) is 3.74. The van der Waals surface area contributed by atoms with E-state index in [4.69, 9.17) is 4.74 Å². The third kappa shape index (κ3) is 4.91. The first-order valence-electron chi connectivity index (χ1n) is 7.99. The maximum atomic E-state index is 12.6. The number of hydrogen-bond acceptors (Lipinski definition) is 2. The van der Waals surface area contributed by atoms with Crippen molar-refractivity contribution in [1.82, 2.24) is 0 Å². The monoisotopic (exact) mass is 328 g/mol. The van der Waals surface area contributed by atoms with Gasteiger partial charge in [0.1, 0.15) is 5.75 Å². The Balaban J connectivity index is 2.09. The highest BCUT2D eigenvalue weighted by Crippen LogP contribution is 2.26. The van der Waals surface area contributed by atoms with Crippen molar-refractivity contribution < 1.29 is 9.53 Å². The number of carbonyl (C=O) groups is 1. The molecule has 0 aliphatic rings. The molecule has 2 rings (SSSR count). The molecule has 0 aliphatic heterocycles. The highest BCUT2D eigenvalue weighted by Gasteiger charge is 2.13. The summed E-state index contributed by atoms with van der Waals surface area (Å²) in [7, 11) is 0.145. The van der Waals surface area contributed by atoms with Crippen molar-refractivity contribution in [3.05, 3.63) is 58.7 Å². The average Bonchev–Trinajstić information content (AvgIpc) is 2.45. The molecule has 0 saturated carbocycles. The van der Waals surface area contributed by atoms with E-state index in [-0.39, 0.29) is 14.1 Å². The van der Waals surface area contributed by atoms with E-state index in [0.717, 1.165) is 27.7 Å². The van der Waals surface area contributed by atoms with Crippen molar-refractivity contribution in [2.45, 2.75) is 34.6 Å². The molecule has 0 aromatic heterocycles. The van der Waals surface area contributed by atoms with Crippen LogP contribution in [0.4, 0.5) is 0 Å². The standard InChI is InChI=1S/C20H25O2P/c1-13(2)12-22-17-6-8-18(9-7-17)23-20(21)19-15(4)10-14(3)11-16(19)5/h6-11,13,23H,12H2,1-5H3. The van der Waals surface area contributed by atoms with Gasteiger partial charge in [0.15, 0.2) is 5.52 Å². The van der Waals surface area contributed by atoms with Crippen LogP contribution in [0.25, 0.3) is 0 Å². The van der Waals surface area contributed by atoms with Crippen LogP contribution in [0.15, 0.2) is 36.4 Å². The number of hydrogen-bond donors (Lipinski definition) is 0. The summed E-state index contributed by atoms with van der Waals surface area (Å²) in [6.45, 7) is 11.1.